The van der Waals surface area contributed by atoms with Crippen LogP contribution in [0.1, 0.15) is 32.0 Å². The van der Waals surface area contributed by atoms with Crippen LogP contribution in [0.3, 0.4) is 0 Å². The summed E-state index contributed by atoms with van der Waals surface area (Å²) >= 11 is 0. The van der Waals surface area contributed by atoms with E-state index in [1.807, 2.05) is 49.2 Å². The van der Waals surface area contributed by atoms with Crippen molar-refractivity contribution in [1.82, 2.24) is 14.9 Å². The van der Waals surface area contributed by atoms with E-state index in [1.165, 1.54) is 0 Å². The van der Waals surface area contributed by atoms with Crippen molar-refractivity contribution in [2.75, 3.05) is 13.7 Å². The third-order valence-corrected chi connectivity index (χ3v) is 4.16. The Balaban J connectivity index is 1.84. The van der Waals surface area contributed by atoms with Crippen molar-refractivity contribution >= 4 is 5.91 Å². The molecule has 2 heterocycles. The molecule has 0 radical (unpaired) electrons. The number of methoxy groups -OCH3 is 1. The Bertz CT molecular complexity index is 678. The zero-order chi connectivity index (χ0) is 15.7. The molecule has 1 N–H and O–H groups in total. The van der Waals surface area contributed by atoms with Gasteiger partial charge in [0.05, 0.1) is 19.0 Å². The third kappa shape index (κ3) is 2.58. The number of carbonyl (C=O) groups excluding carboxylic acids is 1. The summed E-state index contributed by atoms with van der Waals surface area (Å²) in [5, 5.41) is 0. The molecule has 22 heavy (non-hydrogen) atoms. The summed E-state index contributed by atoms with van der Waals surface area (Å²) in [6.07, 6.45) is 2.34. The molecule has 0 aliphatic carbocycles. The molecule has 5 heteroatoms. The van der Waals surface area contributed by atoms with Gasteiger partial charge in [0, 0.05) is 30.5 Å². The number of nitrogens with zero attached hydrogens (tertiary/aromatic N) is 2. The highest BCUT2D eigenvalue weighted by molar-refractivity contribution is 5.80. The van der Waals surface area contributed by atoms with Crippen LogP contribution in [-0.2, 0) is 4.79 Å². The Morgan fingerprint density at radius 3 is 2.82 bits per heavy atom. The first-order valence-corrected chi connectivity index (χ1v) is 7.58. The highest BCUT2D eigenvalue weighted by atomic mass is 16.5. The van der Waals surface area contributed by atoms with Gasteiger partial charge < -0.3 is 14.6 Å². The average molecular weight is 299 g/mol. The zero-order valence-corrected chi connectivity index (χ0v) is 13.2. The molecule has 0 spiro atoms. The number of benzene rings is 1. The largest absolute Gasteiger partial charge is 0.496 e. The predicted octanol–water partition coefficient (Wildman–Crippen LogP) is 2.81. The maximum absolute atomic E-state index is 12.0. The first-order chi connectivity index (χ1) is 10.6. The summed E-state index contributed by atoms with van der Waals surface area (Å²) in [4.78, 5) is 21.8. The number of hydrogen-bond donors (Lipinski definition) is 1. The first kappa shape index (κ1) is 14.6. The van der Waals surface area contributed by atoms with E-state index in [0.717, 1.165) is 29.4 Å². The van der Waals surface area contributed by atoms with Crippen molar-refractivity contribution in [3.05, 3.63) is 36.3 Å². The van der Waals surface area contributed by atoms with E-state index in [4.69, 9.17) is 4.74 Å². The molecule has 1 fully saturated rings. The Kier molecular flexibility index (Phi) is 3.88. The van der Waals surface area contributed by atoms with Crippen molar-refractivity contribution in [2.24, 2.45) is 0 Å². The lowest BCUT2D eigenvalue weighted by Crippen LogP contribution is -2.31. The minimum absolute atomic E-state index is 0.137. The molecule has 116 valence electrons. The number of aromatic nitrogens is 2. The van der Waals surface area contributed by atoms with Gasteiger partial charge in [0.2, 0.25) is 5.91 Å². The van der Waals surface area contributed by atoms with Crippen molar-refractivity contribution in [2.45, 2.75) is 32.2 Å². The number of ether oxygens (including phenoxy) is 1. The summed E-state index contributed by atoms with van der Waals surface area (Å²) in [6.45, 7) is 4.82. The van der Waals surface area contributed by atoms with Crippen molar-refractivity contribution in [3.63, 3.8) is 0 Å². The van der Waals surface area contributed by atoms with Crippen LogP contribution < -0.4 is 4.74 Å². The number of aromatic amines is 1. The van der Waals surface area contributed by atoms with E-state index >= 15 is 0 Å². The second-order valence-corrected chi connectivity index (χ2v) is 5.92. The molecule has 1 saturated heterocycles. The number of H-pyrrole nitrogens is 1. The molecule has 1 aromatic carbocycles. The fraction of sp³-hybridized carbons (Fsp3) is 0.412. The molecular weight excluding hydrogens is 278 g/mol. The first-order valence-electron chi connectivity index (χ1n) is 7.58. The third-order valence-electron chi connectivity index (χ3n) is 4.16. The summed E-state index contributed by atoms with van der Waals surface area (Å²) in [5.74, 6) is 2.02. The van der Waals surface area contributed by atoms with E-state index in [-0.39, 0.29) is 17.9 Å². The smallest absolute Gasteiger partial charge is 0.223 e. The Labute approximate surface area is 130 Å². The molecule has 0 saturated carbocycles. The lowest BCUT2D eigenvalue weighted by molar-refractivity contribution is -0.129. The Morgan fingerprint density at radius 1 is 1.36 bits per heavy atom. The molecule has 5 nitrogen and oxygen atoms in total. The maximum Gasteiger partial charge on any atom is 0.223 e. The molecular formula is C17H21N3O2. The van der Waals surface area contributed by atoms with Crippen LogP contribution in [-0.4, -0.2) is 40.5 Å². The number of amides is 1. The number of nitrogens with one attached hydrogen (secondary N) is 1. The van der Waals surface area contributed by atoms with Crippen molar-refractivity contribution in [3.8, 4) is 17.0 Å². The average Bonchev–Trinajstić information content (AvgIpc) is 3.13. The van der Waals surface area contributed by atoms with Crippen LogP contribution >= 0.6 is 0 Å². The highest BCUT2D eigenvalue weighted by Gasteiger charge is 2.33. The molecule has 1 atom stereocenters. The molecule has 0 bridgehead atoms. The van der Waals surface area contributed by atoms with Crippen molar-refractivity contribution < 1.29 is 9.53 Å². The minimum Gasteiger partial charge on any atom is -0.496 e. The summed E-state index contributed by atoms with van der Waals surface area (Å²) in [6, 6.07) is 8.07. The standard InChI is InChI=1S/C17H21N3O2/c1-11(2)20-10-12(8-16(20)21)17-18-9-14(19-17)13-6-4-5-7-15(13)22-3/h4-7,9,11-12H,8,10H2,1-3H3,(H,18,19)/t12-/m1/s1. The van der Waals surface area contributed by atoms with E-state index < -0.39 is 0 Å². The Morgan fingerprint density at radius 2 is 2.14 bits per heavy atom. The molecule has 1 aliphatic rings. The van der Waals surface area contributed by atoms with E-state index in [9.17, 15) is 4.79 Å². The predicted molar refractivity (Wildman–Crippen MR) is 84.8 cm³/mol. The SMILES string of the molecule is COc1ccccc1-c1cnc([C@@H]2CC(=O)N(C(C)C)C2)[nH]1. The zero-order valence-electron chi connectivity index (χ0n) is 13.2. The van der Waals surface area contributed by atoms with Crippen LogP contribution in [0.4, 0.5) is 0 Å². The number of hydrogen-bond acceptors (Lipinski definition) is 3. The van der Waals surface area contributed by atoms with Gasteiger partial charge in [-0.3, -0.25) is 4.79 Å². The molecule has 0 unspecified atom stereocenters. The van der Waals surface area contributed by atoms with Crippen LogP contribution in [0.25, 0.3) is 11.3 Å². The molecule has 1 aliphatic heterocycles. The normalized spacial score (nSPS) is 18.3. The van der Waals surface area contributed by atoms with Gasteiger partial charge in [-0.05, 0) is 26.0 Å². The number of carbonyl (C=O) groups is 1. The van der Waals surface area contributed by atoms with Crippen LogP contribution in [0.2, 0.25) is 0 Å². The highest BCUT2D eigenvalue weighted by Crippen LogP contribution is 2.32. The molecule has 1 amide bonds. The fourth-order valence-corrected chi connectivity index (χ4v) is 2.96. The van der Waals surface area contributed by atoms with Gasteiger partial charge in [0.1, 0.15) is 11.6 Å². The summed E-state index contributed by atoms with van der Waals surface area (Å²) < 4.78 is 5.39. The fourth-order valence-electron chi connectivity index (χ4n) is 2.96. The maximum atomic E-state index is 12.0. The lowest BCUT2D eigenvalue weighted by atomic mass is 10.1. The van der Waals surface area contributed by atoms with Gasteiger partial charge >= 0.3 is 0 Å². The minimum atomic E-state index is 0.137. The summed E-state index contributed by atoms with van der Waals surface area (Å²) in [5.41, 5.74) is 1.90. The lowest BCUT2D eigenvalue weighted by Gasteiger charge is -2.20. The number of para-hydroxylation sites is 1. The van der Waals surface area contributed by atoms with Gasteiger partial charge in [0.25, 0.3) is 0 Å². The van der Waals surface area contributed by atoms with Crippen LogP contribution in [0, 0.1) is 0 Å². The van der Waals surface area contributed by atoms with Crippen molar-refractivity contribution in [1.29, 1.82) is 0 Å². The van der Waals surface area contributed by atoms with E-state index in [2.05, 4.69) is 9.97 Å². The number of imidazole rings is 1. The van der Waals surface area contributed by atoms with Crippen LogP contribution in [0.5, 0.6) is 5.75 Å². The number of likely N-dealkylation sites (tertiary alicyclic amines) is 1. The quantitative estimate of drug-likeness (QED) is 0.944. The van der Waals surface area contributed by atoms with E-state index in [1.54, 1.807) is 7.11 Å². The molecule has 2 aromatic rings. The van der Waals surface area contributed by atoms with E-state index in [0.29, 0.717) is 6.42 Å². The monoisotopic (exact) mass is 299 g/mol. The number of rotatable bonds is 4. The topological polar surface area (TPSA) is 58.2 Å². The molecule has 3 rings (SSSR count). The van der Waals surface area contributed by atoms with Gasteiger partial charge in [-0.25, -0.2) is 4.98 Å². The second kappa shape index (κ2) is 5.83. The Hall–Kier alpha value is -2.30. The van der Waals surface area contributed by atoms with Gasteiger partial charge in [-0.2, -0.15) is 0 Å². The second-order valence-electron chi connectivity index (χ2n) is 5.92. The van der Waals surface area contributed by atoms with Gasteiger partial charge in [-0.1, -0.05) is 12.1 Å². The van der Waals surface area contributed by atoms with Gasteiger partial charge in [0.15, 0.2) is 0 Å². The van der Waals surface area contributed by atoms with Crippen LogP contribution in [0.15, 0.2) is 30.5 Å². The van der Waals surface area contributed by atoms with Gasteiger partial charge in [-0.15, -0.1) is 0 Å². The molecule has 1 aromatic heterocycles. The summed E-state index contributed by atoms with van der Waals surface area (Å²) in [7, 11) is 1.66.